The van der Waals surface area contributed by atoms with Crippen LogP contribution in [-0.2, 0) is 4.79 Å². The fraction of sp³-hybridized carbons (Fsp3) is 0.800. The van der Waals surface area contributed by atoms with E-state index in [1.54, 1.807) is 0 Å². The molecule has 0 saturated heterocycles. The second-order valence-corrected chi connectivity index (χ2v) is 4.89. The minimum atomic E-state index is -4.46. The van der Waals surface area contributed by atoms with Gasteiger partial charge in [-0.1, -0.05) is 5.16 Å². The van der Waals surface area contributed by atoms with E-state index in [0.717, 1.165) is 4.90 Å². The lowest BCUT2D eigenvalue weighted by Crippen LogP contribution is -2.51. The summed E-state index contributed by atoms with van der Waals surface area (Å²) in [6, 6.07) is -0.398. The highest BCUT2D eigenvalue weighted by Gasteiger charge is 2.46. The summed E-state index contributed by atoms with van der Waals surface area (Å²) < 4.78 is 37.3. The molecule has 0 unspecified atom stereocenters. The molecule has 8 heteroatoms. The van der Waals surface area contributed by atoms with Gasteiger partial charge in [0.05, 0.1) is 0 Å². The molecule has 0 spiro atoms. The predicted molar refractivity (Wildman–Crippen MR) is 58.0 cm³/mol. The molecule has 0 bridgehead atoms. The molecule has 1 aliphatic rings. The number of carbonyl (C=O) groups is 1. The van der Waals surface area contributed by atoms with Crippen LogP contribution in [-0.4, -0.2) is 40.6 Å². The molecule has 18 heavy (non-hydrogen) atoms. The summed E-state index contributed by atoms with van der Waals surface area (Å²) in [6.07, 6.45) is -3.36. The van der Waals surface area contributed by atoms with E-state index in [1.807, 2.05) is 0 Å². The van der Waals surface area contributed by atoms with Crippen molar-refractivity contribution in [2.24, 2.45) is 16.3 Å². The summed E-state index contributed by atoms with van der Waals surface area (Å²) >= 11 is 0. The zero-order valence-electron chi connectivity index (χ0n) is 10.2. The largest absolute Gasteiger partial charge is 0.409 e. The molecule has 104 valence electrons. The second kappa shape index (κ2) is 4.66. The van der Waals surface area contributed by atoms with E-state index >= 15 is 0 Å². The van der Waals surface area contributed by atoms with Crippen LogP contribution >= 0.6 is 0 Å². The van der Waals surface area contributed by atoms with Crippen LogP contribution in [0.5, 0.6) is 0 Å². The molecule has 1 aliphatic carbocycles. The Morgan fingerprint density at radius 1 is 1.44 bits per heavy atom. The molecule has 0 radical (unpaired) electrons. The summed E-state index contributed by atoms with van der Waals surface area (Å²) in [7, 11) is 0. The number of nitrogens with two attached hydrogens (primary N) is 1. The first kappa shape index (κ1) is 14.6. The second-order valence-electron chi connectivity index (χ2n) is 4.89. The van der Waals surface area contributed by atoms with Crippen LogP contribution in [0.2, 0.25) is 0 Å². The first-order valence-electron chi connectivity index (χ1n) is 5.45. The Morgan fingerprint density at radius 3 is 2.28 bits per heavy atom. The number of oxime groups is 1. The molecule has 3 N–H and O–H groups in total. The molecule has 1 fully saturated rings. The topological polar surface area (TPSA) is 78.9 Å². The van der Waals surface area contributed by atoms with Crippen molar-refractivity contribution in [2.75, 3.05) is 6.54 Å². The van der Waals surface area contributed by atoms with Crippen LogP contribution in [0.1, 0.15) is 26.7 Å². The van der Waals surface area contributed by atoms with Crippen LogP contribution < -0.4 is 5.73 Å². The number of hydrogen-bond acceptors (Lipinski definition) is 3. The smallest absolute Gasteiger partial charge is 0.406 e. The van der Waals surface area contributed by atoms with Crippen LogP contribution in [0.25, 0.3) is 0 Å². The summed E-state index contributed by atoms with van der Waals surface area (Å²) in [4.78, 5) is 12.8. The number of rotatable bonds is 4. The molecule has 0 heterocycles. The molecule has 0 atom stereocenters. The van der Waals surface area contributed by atoms with Crippen LogP contribution in [0.4, 0.5) is 13.2 Å². The zero-order valence-corrected chi connectivity index (χ0v) is 10.2. The van der Waals surface area contributed by atoms with E-state index < -0.39 is 35.9 Å². The van der Waals surface area contributed by atoms with Crippen molar-refractivity contribution in [3.8, 4) is 0 Å². The Hall–Kier alpha value is -1.47. The standard InChI is InChI=1S/C10H16F3N3O2/c1-9(2,7(14)15-18)8(17)16(6-3-4-6)5-10(11,12)13/h6,18H,3-5H2,1-2H3,(H2,14,15). The normalized spacial score (nSPS) is 17.7. The Morgan fingerprint density at radius 2 is 1.94 bits per heavy atom. The quantitative estimate of drug-likeness (QED) is 0.349. The number of alkyl halides is 3. The van der Waals surface area contributed by atoms with Crippen LogP contribution in [0.3, 0.4) is 0 Å². The highest BCUT2D eigenvalue weighted by molar-refractivity contribution is 6.06. The first-order valence-corrected chi connectivity index (χ1v) is 5.45. The van der Waals surface area contributed by atoms with E-state index in [0.29, 0.717) is 12.8 Å². The maximum absolute atomic E-state index is 12.4. The van der Waals surface area contributed by atoms with Gasteiger partial charge in [-0.15, -0.1) is 0 Å². The lowest BCUT2D eigenvalue weighted by molar-refractivity contribution is -0.166. The van der Waals surface area contributed by atoms with Crippen molar-refractivity contribution < 1.29 is 23.2 Å². The minimum Gasteiger partial charge on any atom is -0.409 e. The maximum atomic E-state index is 12.4. The SMILES string of the molecule is CC(C)(C(=O)N(CC(F)(F)F)C1CC1)C(N)=NO. The van der Waals surface area contributed by atoms with E-state index in [2.05, 4.69) is 5.16 Å². The molecule has 1 saturated carbocycles. The van der Waals surface area contributed by atoms with Gasteiger partial charge >= 0.3 is 6.18 Å². The lowest BCUT2D eigenvalue weighted by atomic mass is 9.90. The van der Waals surface area contributed by atoms with Gasteiger partial charge in [0, 0.05) is 6.04 Å². The Balaban J connectivity index is 2.90. The van der Waals surface area contributed by atoms with Crippen molar-refractivity contribution >= 4 is 11.7 Å². The molecule has 1 rings (SSSR count). The molecular formula is C10H16F3N3O2. The molecular weight excluding hydrogens is 251 g/mol. The molecule has 0 aliphatic heterocycles. The highest BCUT2D eigenvalue weighted by atomic mass is 19.4. The predicted octanol–water partition coefficient (Wildman–Crippen LogP) is 1.31. The minimum absolute atomic E-state index is 0.398. The lowest BCUT2D eigenvalue weighted by Gasteiger charge is -2.31. The first-order chi connectivity index (χ1) is 8.09. The van der Waals surface area contributed by atoms with Crippen molar-refractivity contribution in [3.05, 3.63) is 0 Å². The van der Waals surface area contributed by atoms with Gasteiger partial charge in [-0.25, -0.2) is 0 Å². The number of halogens is 3. The number of amides is 1. The number of hydrogen-bond donors (Lipinski definition) is 2. The van der Waals surface area contributed by atoms with E-state index in [4.69, 9.17) is 10.9 Å². The zero-order chi connectivity index (χ0) is 14.1. The van der Waals surface area contributed by atoms with Gasteiger partial charge in [-0.2, -0.15) is 13.2 Å². The van der Waals surface area contributed by atoms with E-state index in [9.17, 15) is 18.0 Å². The number of nitrogens with zero attached hydrogens (tertiary/aromatic N) is 2. The summed E-state index contributed by atoms with van der Waals surface area (Å²) in [5, 5.41) is 11.3. The van der Waals surface area contributed by atoms with E-state index in [-0.39, 0.29) is 0 Å². The third-order valence-corrected chi connectivity index (χ3v) is 2.88. The molecule has 0 aromatic heterocycles. The molecule has 5 nitrogen and oxygen atoms in total. The van der Waals surface area contributed by atoms with Gasteiger partial charge in [-0.3, -0.25) is 4.79 Å². The van der Waals surface area contributed by atoms with Gasteiger partial charge in [0.15, 0.2) is 5.84 Å². The average Bonchev–Trinajstić information content (AvgIpc) is 3.06. The maximum Gasteiger partial charge on any atom is 0.406 e. The average molecular weight is 267 g/mol. The fourth-order valence-electron chi connectivity index (χ4n) is 1.54. The number of amidine groups is 1. The van der Waals surface area contributed by atoms with Crippen LogP contribution in [0, 0.1) is 5.41 Å². The van der Waals surface area contributed by atoms with Crippen LogP contribution in [0.15, 0.2) is 5.16 Å². The van der Waals surface area contributed by atoms with Gasteiger partial charge in [0.1, 0.15) is 12.0 Å². The highest BCUT2D eigenvalue weighted by Crippen LogP contribution is 2.33. The van der Waals surface area contributed by atoms with E-state index in [1.165, 1.54) is 13.8 Å². The monoisotopic (exact) mass is 267 g/mol. The van der Waals surface area contributed by atoms with Crippen molar-refractivity contribution in [1.29, 1.82) is 0 Å². The summed E-state index contributed by atoms with van der Waals surface area (Å²) in [5.41, 5.74) is 3.89. The molecule has 0 aromatic rings. The third-order valence-electron chi connectivity index (χ3n) is 2.88. The number of carbonyl (C=O) groups excluding carboxylic acids is 1. The summed E-state index contributed by atoms with van der Waals surface area (Å²) in [6.45, 7) is 1.35. The third kappa shape index (κ3) is 3.27. The van der Waals surface area contributed by atoms with Gasteiger partial charge < -0.3 is 15.8 Å². The Kier molecular flexibility index (Phi) is 3.78. The Bertz CT molecular complexity index is 362. The van der Waals surface area contributed by atoms with Crippen molar-refractivity contribution in [1.82, 2.24) is 4.90 Å². The Labute approximate surface area is 102 Å². The van der Waals surface area contributed by atoms with Gasteiger partial charge in [-0.05, 0) is 26.7 Å². The fourth-order valence-corrected chi connectivity index (χ4v) is 1.54. The molecule has 1 amide bonds. The van der Waals surface area contributed by atoms with Gasteiger partial charge in [0.25, 0.3) is 0 Å². The van der Waals surface area contributed by atoms with Crippen molar-refractivity contribution in [2.45, 2.75) is 38.9 Å². The molecule has 0 aromatic carbocycles. The van der Waals surface area contributed by atoms with Gasteiger partial charge in [0.2, 0.25) is 5.91 Å². The summed E-state index contributed by atoms with van der Waals surface area (Å²) in [5.74, 6) is -1.18. The van der Waals surface area contributed by atoms with Crippen molar-refractivity contribution in [3.63, 3.8) is 0 Å².